The standard InChI is InChI=1S/C10H19N3O2.ClH/c1-10(2,11)7-12-8(14)6-13-5-3-4-9(13)15;/h3-7,11H2,1-2H3,(H,12,14);1H. The third-order valence-corrected chi connectivity index (χ3v) is 2.25. The van der Waals surface area contributed by atoms with Crippen LogP contribution >= 0.6 is 12.4 Å². The highest BCUT2D eigenvalue weighted by atomic mass is 35.5. The molecule has 0 atom stereocenters. The summed E-state index contributed by atoms with van der Waals surface area (Å²) in [6.07, 6.45) is 1.42. The van der Waals surface area contributed by atoms with Crippen molar-refractivity contribution >= 4 is 24.2 Å². The predicted octanol–water partition coefficient (Wildman–Crippen LogP) is -0.116. The second-order valence-corrected chi connectivity index (χ2v) is 4.68. The van der Waals surface area contributed by atoms with Crippen LogP contribution in [0.1, 0.15) is 26.7 Å². The fourth-order valence-corrected chi connectivity index (χ4v) is 1.43. The Hall–Kier alpha value is -0.810. The van der Waals surface area contributed by atoms with Crippen LogP contribution in [0.2, 0.25) is 0 Å². The number of halogens is 1. The number of nitrogens with two attached hydrogens (primary N) is 1. The van der Waals surface area contributed by atoms with Crippen molar-refractivity contribution in [2.45, 2.75) is 32.2 Å². The number of likely N-dealkylation sites (tertiary alicyclic amines) is 1. The maximum absolute atomic E-state index is 11.4. The summed E-state index contributed by atoms with van der Waals surface area (Å²) >= 11 is 0. The summed E-state index contributed by atoms with van der Waals surface area (Å²) < 4.78 is 0. The van der Waals surface area contributed by atoms with Crippen LogP contribution in [0.5, 0.6) is 0 Å². The summed E-state index contributed by atoms with van der Waals surface area (Å²) in [5.74, 6) is -0.0686. The number of carbonyl (C=O) groups excluding carboxylic acids is 2. The van der Waals surface area contributed by atoms with Gasteiger partial charge in [0.25, 0.3) is 0 Å². The quantitative estimate of drug-likeness (QED) is 0.730. The number of amides is 2. The molecule has 0 spiro atoms. The Kier molecular flexibility index (Phi) is 5.75. The molecule has 0 radical (unpaired) electrons. The van der Waals surface area contributed by atoms with E-state index in [9.17, 15) is 9.59 Å². The average molecular weight is 250 g/mol. The molecule has 1 fully saturated rings. The lowest BCUT2D eigenvalue weighted by molar-refractivity contribution is -0.133. The van der Waals surface area contributed by atoms with E-state index >= 15 is 0 Å². The van der Waals surface area contributed by atoms with Gasteiger partial charge in [-0.05, 0) is 20.3 Å². The van der Waals surface area contributed by atoms with Gasteiger partial charge in [0.2, 0.25) is 11.8 Å². The molecule has 0 unspecified atom stereocenters. The number of nitrogens with zero attached hydrogens (tertiary/aromatic N) is 1. The number of carbonyl (C=O) groups is 2. The van der Waals surface area contributed by atoms with Gasteiger partial charge in [-0.15, -0.1) is 12.4 Å². The summed E-state index contributed by atoms with van der Waals surface area (Å²) in [7, 11) is 0. The van der Waals surface area contributed by atoms with Crippen molar-refractivity contribution in [3.05, 3.63) is 0 Å². The normalized spacial score (nSPS) is 15.9. The van der Waals surface area contributed by atoms with Gasteiger partial charge in [0.15, 0.2) is 0 Å². The summed E-state index contributed by atoms with van der Waals surface area (Å²) in [5, 5.41) is 2.71. The van der Waals surface area contributed by atoms with Crippen molar-refractivity contribution in [3.63, 3.8) is 0 Å². The first-order chi connectivity index (χ1) is 6.88. The molecule has 5 nitrogen and oxygen atoms in total. The molecule has 1 aliphatic heterocycles. The van der Waals surface area contributed by atoms with Crippen molar-refractivity contribution in [1.82, 2.24) is 10.2 Å². The van der Waals surface area contributed by atoms with Crippen molar-refractivity contribution in [2.75, 3.05) is 19.6 Å². The van der Waals surface area contributed by atoms with Gasteiger partial charge in [-0.3, -0.25) is 9.59 Å². The summed E-state index contributed by atoms with van der Waals surface area (Å²) in [6.45, 7) is 4.96. The third kappa shape index (κ3) is 5.32. The first kappa shape index (κ1) is 15.2. The van der Waals surface area contributed by atoms with Gasteiger partial charge in [0.1, 0.15) is 0 Å². The smallest absolute Gasteiger partial charge is 0.239 e. The van der Waals surface area contributed by atoms with Crippen LogP contribution in [0.25, 0.3) is 0 Å². The molecule has 2 amide bonds. The van der Waals surface area contributed by atoms with Crippen LogP contribution < -0.4 is 11.1 Å². The van der Waals surface area contributed by atoms with Crippen LogP contribution in [0.4, 0.5) is 0 Å². The lowest BCUT2D eigenvalue weighted by atomic mass is 10.1. The summed E-state index contributed by atoms with van der Waals surface area (Å²) in [4.78, 5) is 24.2. The zero-order valence-electron chi connectivity index (χ0n) is 9.78. The van der Waals surface area contributed by atoms with E-state index in [0.29, 0.717) is 19.5 Å². The molecular weight excluding hydrogens is 230 g/mol. The largest absolute Gasteiger partial charge is 0.353 e. The van der Waals surface area contributed by atoms with Gasteiger partial charge in [-0.1, -0.05) is 0 Å². The Morgan fingerprint density at radius 1 is 1.56 bits per heavy atom. The van der Waals surface area contributed by atoms with E-state index < -0.39 is 5.54 Å². The Bertz CT molecular complexity index is 263. The van der Waals surface area contributed by atoms with Crippen molar-refractivity contribution in [1.29, 1.82) is 0 Å². The molecule has 16 heavy (non-hydrogen) atoms. The van der Waals surface area contributed by atoms with Crippen LogP contribution in [0.15, 0.2) is 0 Å². The van der Waals surface area contributed by atoms with E-state index in [1.807, 2.05) is 13.8 Å². The minimum atomic E-state index is -0.412. The van der Waals surface area contributed by atoms with E-state index in [2.05, 4.69) is 5.32 Å². The minimum Gasteiger partial charge on any atom is -0.353 e. The van der Waals surface area contributed by atoms with Crippen molar-refractivity contribution < 1.29 is 9.59 Å². The second kappa shape index (κ2) is 6.06. The van der Waals surface area contributed by atoms with E-state index in [1.54, 1.807) is 4.90 Å². The van der Waals surface area contributed by atoms with Gasteiger partial charge in [0, 0.05) is 25.0 Å². The van der Waals surface area contributed by atoms with Gasteiger partial charge in [-0.25, -0.2) is 0 Å². The molecule has 1 saturated heterocycles. The Balaban J connectivity index is 0.00000225. The fraction of sp³-hybridized carbons (Fsp3) is 0.800. The highest BCUT2D eigenvalue weighted by molar-refractivity contribution is 5.86. The van der Waals surface area contributed by atoms with E-state index in [-0.39, 0.29) is 30.8 Å². The summed E-state index contributed by atoms with van der Waals surface area (Å²) in [5.41, 5.74) is 5.31. The molecule has 94 valence electrons. The van der Waals surface area contributed by atoms with Gasteiger partial charge < -0.3 is 16.0 Å². The monoisotopic (exact) mass is 249 g/mol. The van der Waals surface area contributed by atoms with Crippen molar-refractivity contribution in [3.8, 4) is 0 Å². The zero-order valence-corrected chi connectivity index (χ0v) is 10.6. The minimum absolute atomic E-state index is 0. The van der Waals surface area contributed by atoms with E-state index in [4.69, 9.17) is 5.73 Å². The zero-order chi connectivity index (χ0) is 11.5. The lowest BCUT2D eigenvalue weighted by Crippen LogP contribution is -2.47. The Labute approximate surface area is 102 Å². The molecule has 1 rings (SSSR count). The molecule has 0 aromatic carbocycles. The molecule has 1 aliphatic rings. The topological polar surface area (TPSA) is 75.4 Å². The SMILES string of the molecule is CC(C)(N)CNC(=O)CN1CCCC1=O.Cl. The molecule has 6 heteroatoms. The third-order valence-electron chi connectivity index (χ3n) is 2.25. The second-order valence-electron chi connectivity index (χ2n) is 4.68. The van der Waals surface area contributed by atoms with Crippen LogP contribution in [-0.4, -0.2) is 41.9 Å². The fourth-order valence-electron chi connectivity index (χ4n) is 1.43. The van der Waals surface area contributed by atoms with Gasteiger partial charge >= 0.3 is 0 Å². The van der Waals surface area contributed by atoms with Crippen LogP contribution in [0, 0.1) is 0 Å². The maximum Gasteiger partial charge on any atom is 0.239 e. The molecule has 0 aliphatic carbocycles. The molecule has 0 bridgehead atoms. The molecule has 0 aromatic heterocycles. The van der Waals surface area contributed by atoms with E-state index in [0.717, 1.165) is 6.42 Å². The van der Waals surface area contributed by atoms with Crippen molar-refractivity contribution in [2.24, 2.45) is 5.73 Å². The predicted molar refractivity (Wildman–Crippen MR) is 64.3 cm³/mol. The van der Waals surface area contributed by atoms with Crippen LogP contribution in [0.3, 0.4) is 0 Å². The molecule has 0 aromatic rings. The number of hydrogen-bond acceptors (Lipinski definition) is 3. The molecule has 0 saturated carbocycles. The Morgan fingerprint density at radius 2 is 2.19 bits per heavy atom. The first-order valence-electron chi connectivity index (χ1n) is 5.22. The summed E-state index contributed by atoms with van der Waals surface area (Å²) in [6, 6.07) is 0. The highest BCUT2D eigenvalue weighted by Crippen LogP contribution is 2.08. The molecule has 1 heterocycles. The van der Waals surface area contributed by atoms with Gasteiger partial charge in [0.05, 0.1) is 6.54 Å². The average Bonchev–Trinajstić information content (AvgIpc) is 2.47. The van der Waals surface area contributed by atoms with Gasteiger partial charge in [-0.2, -0.15) is 0 Å². The highest BCUT2D eigenvalue weighted by Gasteiger charge is 2.22. The number of hydrogen-bond donors (Lipinski definition) is 2. The number of rotatable bonds is 4. The Morgan fingerprint density at radius 3 is 2.62 bits per heavy atom. The lowest BCUT2D eigenvalue weighted by Gasteiger charge is -2.20. The molecule has 3 N–H and O–H groups in total. The van der Waals surface area contributed by atoms with E-state index in [1.165, 1.54) is 0 Å². The number of nitrogens with one attached hydrogen (secondary N) is 1. The maximum atomic E-state index is 11.4. The van der Waals surface area contributed by atoms with Crippen LogP contribution in [-0.2, 0) is 9.59 Å². The molecular formula is C10H20ClN3O2. The first-order valence-corrected chi connectivity index (χ1v) is 5.22.